The van der Waals surface area contributed by atoms with Crippen LogP contribution in [0.15, 0.2) is 60.7 Å². The summed E-state index contributed by atoms with van der Waals surface area (Å²) in [6.07, 6.45) is 0. The van der Waals surface area contributed by atoms with E-state index in [4.69, 9.17) is 26.3 Å². The number of nitriles is 1. The number of methoxy groups -OCH3 is 1. The average Bonchev–Trinajstić information content (AvgIpc) is 2.75. The molecule has 0 saturated carbocycles. The summed E-state index contributed by atoms with van der Waals surface area (Å²) in [6, 6.07) is 20.3. The Balaban J connectivity index is 1.60. The Morgan fingerprint density at radius 1 is 1.07 bits per heavy atom. The van der Waals surface area contributed by atoms with Crippen molar-refractivity contribution in [3.05, 3.63) is 76.8 Å². The number of ether oxygens (including phenoxy) is 2. The van der Waals surface area contributed by atoms with E-state index in [1.165, 1.54) is 7.11 Å². The van der Waals surface area contributed by atoms with Gasteiger partial charge in [0, 0.05) is 11.1 Å². The number of anilines is 1. The van der Waals surface area contributed by atoms with Crippen LogP contribution in [-0.4, -0.2) is 19.6 Å². The molecule has 146 valence electrons. The lowest BCUT2D eigenvalue weighted by molar-refractivity contribution is -0.118. The molecule has 0 spiro atoms. The smallest absolute Gasteiger partial charge is 0.262 e. The number of nitrogens with zero attached hydrogens (tertiary/aromatic N) is 1. The van der Waals surface area contributed by atoms with Crippen molar-refractivity contribution in [3.8, 4) is 28.7 Å². The second kappa shape index (κ2) is 9.13. The lowest BCUT2D eigenvalue weighted by Crippen LogP contribution is -2.20. The number of halogens is 1. The van der Waals surface area contributed by atoms with Gasteiger partial charge in [-0.05, 0) is 53.9 Å². The number of aryl methyl sites for hydroxylation is 1. The lowest BCUT2D eigenvalue weighted by Gasteiger charge is -2.13. The number of benzene rings is 3. The Labute approximate surface area is 174 Å². The predicted molar refractivity (Wildman–Crippen MR) is 113 cm³/mol. The molecule has 0 heterocycles. The molecule has 29 heavy (non-hydrogen) atoms. The van der Waals surface area contributed by atoms with Crippen molar-refractivity contribution in [2.75, 3.05) is 19.0 Å². The minimum absolute atomic E-state index is 0.138. The molecule has 0 fully saturated rings. The summed E-state index contributed by atoms with van der Waals surface area (Å²) in [5, 5.41) is 12.2. The maximum atomic E-state index is 12.2. The maximum absolute atomic E-state index is 12.2. The Morgan fingerprint density at radius 3 is 2.28 bits per heavy atom. The van der Waals surface area contributed by atoms with Crippen LogP contribution in [0.25, 0.3) is 11.1 Å². The third-order valence-corrected chi connectivity index (χ3v) is 4.73. The summed E-state index contributed by atoms with van der Waals surface area (Å²) < 4.78 is 10.8. The molecule has 3 aromatic rings. The first kappa shape index (κ1) is 20.2. The Hall–Kier alpha value is -3.49. The summed E-state index contributed by atoms with van der Waals surface area (Å²) in [7, 11) is 1.52. The van der Waals surface area contributed by atoms with E-state index in [9.17, 15) is 4.79 Å². The largest absolute Gasteiger partial charge is 0.495 e. The van der Waals surface area contributed by atoms with Crippen LogP contribution < -0.4 is 14.8 Å². The second-order valence-electron chi connectivity index (χ2n) is 6.35. The van der Waals surface area contributed by atoms with Gasteiger partial charge in [-0.15, -0.1) is 0 Å². The van der Waals surface area contributed by atoms with Crippen LogP contribution in [0.5, 0.6) is 11.5 Å². The number of nitrogens with one attached hydrogen (secondary N) is 1. The van der Waals surface area contributed by atoms with Crippen LogP contribution in [0.4, 0.5) is 5.69 Å². The van der Waals surface area contributed by atoms with E-state index in [1.54, 1.807) is 36.4 Å². The van der Waals surface area contributed by atoms with Gasteiger partial charge in [-0.2, -0.15) is 5.26 Å². The minimum atomic E-state index is -0.304. The second-order valence-corrected chi connectivity index (χ2v) is 6.76. The van der Waals surface area contributed by atoms with Gasteiger partial charge in [-0.25, -0.2) is 0 Å². The van der Waals surface area contributed by atoms with Gasteiger partial charge in [0.05, 0.1) is 24.4 Å². The summed E-state index contributed by atoms with van der Waals surface area (Å²) in [4.78, 5) is 12.2. The van der Waals surface area contributed by atoms with Gasteiger partial charge in [0.25, 0.3) is 5.91 Å². The number of hydrogen-bond acceptors (Lipinski definition) is 4. The van der Waals surface area contributed by atoms with Gasteiger partial charge in [0.1, 0.15) is 11.5 Å². The third kappa shape index (κ3) is 5.07. The summed E-state index contributed by atoms with van der Waals surface area (Å²) in [5.41, 5.74) is 3.99. The molecule has 0 aliphatic rings. The highest BCUT2D eigenvalue weighted by Crippen LogP contribution is 2.31. The molecule has 0 aliphatic heterocycles. The monoisotopic (exact) mass is 406 g/mol. The Kier molecular flexibility index (Phi) is 6.38. The molecule has 6 heteroatoms. The number of hydrogen-bond donors (Lipinski definition) is 1. The molecule has 5 nitrogen and oxygen atoms in total. The van der Waals surface area contributed by atoms with Gasteiger partial charge in [0.2, 0.25) is 0 Å². The standard InChI is InChI=1S/C23H19ClN2O3/c1-15-11-21(22(28-2)12-20(15)24)26-23(27)14-29-19-9-7-18(8-10-19)17-5-3-16(13-25)4-6-17/h3-12H,14H2,1-2H3,(H,26,27). The molecule has 0 atom stereocenters. The highest BCUT2D eigenvalue weighted by atomic mass is 35.5. The molecule has 0 aromatic heterocycles. The first-order valence-corrected chi connectivity index (χ1v) is 9.25. The van der Waals surface area contributed by atoms with E-state index in [1.807, 2.05) is 31.2 Å². The minimum Gasteiger partial charge on any atom is -0.495 e. The molecule has 0 saturated heterocycles. The van der Waals surface area contributed by atoms with Crippen molar-refractivity contribution >= 4 is 23.2 Å². The van der Waals surface area contributed by atoms with Crippen LogP contribution in [-0.2, 0) is 4.79 Å². The first-order chi connectivity index (χ1) is 14.0. The lowest BCUT2D eigenvalue weighted by atomic mass is 10.0. The molecular weight excluding hydrogens is 388 g/mol. The fraction of sp³-hybridized carbons (Fsp3) is 0.130. The molecule has 1 amide bonds. The number of rotatable bonds is 6. The molecular formula is C23H19ClN2O3. The van der Waals surface area contributed by atoms with Gasteiger partial charge >= 0.3 is 0 Å². The summed E-state index contributed by atoms with van der Waals surface area (Å²) >= 11 is 6.08. The highest BCUT2D eigenvalue weighted by Gasteiger charge is 2.11. The van der Waals surface area contributed by atoms with Crippen molar-refractivity contribution < 1.29 is 14.3 Å². The van der Waals surface area contributed by atoms with Crippen LogP contribution in [0.1, 0.15) is 11.1 Å². The third-order valence-electron chi connectivity index (χ3n) is 4.33. The molecule has 0 radical (unpaired) electrons. The molecule has 1 N–H and O–H groups in total. The highest BCUT2D eigenvalue weighted by molar-refractivity contribution is 6.31. The zero-order valence-electron chi connectivity index (χ0n) is 16.0. The topological polar surface area (TPSA) is 71.3 Å². The maximum Gasteiger partial charge on any atom is 0.262 e. The van der Waals surface area contributed by atoms with Gasteiger partial charge < -0.3 is 14.8 Å². The van der Waals surface area contributed by atoms with E-state index < -0.39 is 0 Å². The molecule has 0 aliphatic carbocycles. The van der Waals surface area contributed by atoms with Crippen LogP contribution in [0, 0.1) is 18.3 Å². The van der Waals surface area contributed by atoms with E-state index >= 15 is 0 Å². The van der Waals surface area contributed by atoms with Crippen molar-refractivity contribution in [1.82, 2.24) is 0 Å². The molecule has 0 bridgehead atoms. The van der Waals surface area contributed by atoms with Crippen molar-refractivity contribution in [3.63, 3.8) is 0 Å². The number of carbonyl (C=O) groups excluding carboxylic acids is 1. The fourth-order valence-electron chi connectivity index (χ4n) is 2.75. The molecule has 3 rings (SSSR count). The number of amides is 1. The van der Waals surface area contributed by atoms with E-state index in [2.05, 4.69) is 11.4 Å². The molecule has 0 unspecified atom stereocenters. The summed E-state index contributed by atoms with van der Waals surface area (Å²) in [5.74, 6) is 0.763. The zero-order chi connectivity index (χ0) is 20.8. The normalized spacial score (nSPS) is 10.1. The van der Waals surface area contributed by atoms with E-state index in [-0.39, 0.29) is 12.5 Å². The summed E-state index contributed by atoms with van der Waals surface area (Å²) in [6.45, 7) is 1.71. The zero-order valence-corrected chi connectivity index (χ0v) is 16.8. The average molecular weight is 407 g/mol. The van der Waals surface area contributed by atoms with Gasteiger partial charge in [-0.1, -0.05) is 35.9 Å². The van der Waals surface area contributed by atoms with Crippen LogP contribution in [0.2, 0.25) is 5.02 Å². The Morgan fingerprint density at radius 2 is 1.69 bits per heavy atom. The van der Waals surface area contributed by atoms with E-state index in [0.717, 1.165) is 16.7 Å². The number of carbonyl (C=O) groups is 1. The van der Waals surface area contributed by atoms with Crippen molar-refractivity contribution in [2.45, 2.75) is 6.92 Å². The van der Waals surface area contributed by atoms with Gasteiger partial charge in [0.15, 0.2) is 6.61 Å². The first-order valence-electron chi connectivity index (χ1n) is 8.87. The Bertz CT molecular complexity index is 1060. The SMILES string of the molecule is COc1cc(Cl)c(C)cc1NC(=O)COc1ccc(-c2ccc(C#N)cc2)cc1. The van der Waals surface area contributed by atoms with E-state index in [0.29, 0.717) is 27.8 Å². The predicted octanol–water partition coefficient (Wildman–Crippen LogP) is 5.21. The van der Waals surface area contributed by atoms with Crippen LogP contribution >= 0.6 is 11.6 Å². The van der Waals surface area contributed by atoms with Crippen LogP contribution in [0.3, 0.4) is 0 Å². The molecule has 3 aromatic carbocycles. The van der Waals surface area contributed by atoms with Crippen molar-refractivity contribution in [2.24, 2.45) is 0 Å². The van der Waals surface area contributed by atoms with Crippen molar-refractivity contribution in [1.29, 1.82) is 5.26 Å². The quantitative estimate of drug-likeness (QED) is 0.609. The van der Waals surface area contributed by atoms with Gasteiger partial charge in [-0.3, -0.25) is 4.79 Å². The fourth-order valence-corrected chi connectivity index (χ4v) is 2.90.